The van der Waals surface area contributed by atoms with Gasteiger partial charge in [0.25, 0.3) is 5.91 Å². The fourth-order valence-corrected chi connectivity index (χ4v) is 3.84. The number of thiocarbonyl (C=S) groups is 1. The van der Waals surface area contributed by atoms with E-state index in [2.05, 4.69) is 15.6 Å². The van der Waals surface area contributed by atoms with Crippen LogP contribution in [0.2, 0.25) is 0 Å². The third-order valence-electron chi connectivity index (χ3n) is 5.53. The van der Waals surface area contributed by atoms with Gasteiger partial charge in [0, 0.05) is 16.8 Å². The lowest BCUT2D eigenvalue weighted by Gasteiger charge is -2.11. The Morgan fingerprint density at radius 3 is 2.44 bits per heavy atom. The first-order valence-corrected chi connectivity index (χ1v) is 11.8. The Morgan fingerprint density at radius 1 is 0.944 bits per heavy atom. The number of rotatable bonds is 6. The van der Waals surface area contributed by atoms with Crippen LogP contribution in [0.25, 0.3) is 22.6 Å². The van der Waals surface area contributed by atoms with Crippen molar-refractivity contribution in [2.24, 2.45) is 0 Å². The van der Waals surface area contributed by atoms with E-state index in [4.69, 9.17) is 21.4 Å². The minimum Gasteiger partial charge on any atom is -0.489 e. The molecular formula is C29H23N3O3S. The maximum atomic E-state index is 12.6. The van der Waals surface area contributed by atoms with Crippen molar-refractivity contribution >= 4 is 40.0 Å². The van der Waals surface area contributed by atoms with Crippen LogP contribution < -0.4 is 15.4 Å². The van der Waals surface area contributed by atoms with Crippen molar-refractivity contribution < 1.29 is 13.9 Å². The number of amides is 1. The highest BCUT2D eigenvalue weighted by Crippen LogP contribution is 2.26. The predicted octanol–water partition coefficient (Wildman–Crippen LogP) is 6.51. The first kappa shape index (κ1) is 23.3. The van der Waals surface area contributed by atoms with Gasteiger partial charge in [-0.2, -0.15) is 0 Å². The predicted molar refractivity (Wildman–Crippen MR) is 145 cm³/mol. The van der Waals surface area contributed by atoms with E-state index in [-0.39, 0.29) is 11.0 Å². The van der Waals surface area contributed by atoms with Crippen LogP contribution in [-0.2, 0) is 6.61 Å². The molecule has 0 aliphatic carbocycles. The zero-order chi connectivity index (χ0) is 24.9. The Labute approximate surface area is 213 Å². The fraction of sp³-hybridized carbons (Fsp3) is 0.0690. The molecule has 0 fully saturated rings. The highest BCUT2D eigenvalue weighted by molar-refractivity contribution is 7.80. The standard InChI is InChI=1S/C29H23N3O3S/c1-19-7-16-25-26(17-19)35-28(31-25)22-8-12-23(13-9-22)30-29(36)32-27(33)21-10-14-24(15-11-21)34-18-20-5-3-2-4-6-20/h2-17H,18H2,1H3,(H2,30,32,33,36). The molecule has 1 aromatic heterocycles. The van der Waals surface area contributed by atoms with Crippen LogP contribution in [0.1, 0.15) is 21.5 Å². The van der Waals surface area contributed by atoms with Gasteiger partial charge in [0.1, 0.15) is 17.9 Å². The monoisotopic (exact) mass is 493 g/mol. The summed E-state index contributed by atoms with van der Waals surface area (Å²) in [6, 6.07) is 30.2. The molecule has 6 nitrogen and oxygen atoms in total. The van der Waals surface area contributed by atoms with Crippen molar-refractivity contribution in [3.05, 3.63) is 114 Å². The highest BCUT2D eigenvalue weighted by Gasteiger charge is 2.11. The van der Waals surface area contributed by atoms with Gasteiger partial charge in [0.2, 0.25) is 5.89 Å². The number of carbonyl (C=O) groups is 1. The second-order valence-corrected chi connectivity index (χ2v) is 8.68. The number of hydrogen-bond donors (Lipinski definition) is 2. The van der Waals surface area contributed by atoms with Crippen LogP contribution in [0.3, 0.4) is 0 Å². The van der Waals surface area contributed by atoms with Gasteiger partial charge in [-0.1, -0.05) is 36.4 Å². The summed E-state index contributed by atoms with van der Waals surface area (Å²) < 4.78 is 11.7. The number of hydrogen-bond acceptors (Lipinski definition) is 5. The molecule has 5 aromatic rings. The molecule has 0 aliphatic rings. The van der Waals surface area contributed by atoms with Crippen molar-refractivity contribution in [2.45, 2.75) is 13.5 Å². The maximum absolute atomic E-state index is 12.6. The summed E-state index contributed by atoms with van der Waals surface area (Å²) in [6.07, 6.45) is 0. The van der Waals surface area contributed by atoms with Crippen molar-refractivity contribution in [3.63, 3.8) is 0 Å². The summed E-state index contributed by atoms with van der Waals surface area (Å²) in [5.41, 5.74) is 5.83. The van der Waals surface area contributed by atoms with Crippen LogP contribution in [0.15, 0.2) is 101 Å². The second-order valence-electron chi connectivity index (χ2n) is 8.27. The zero-order valence-corrected chi connectivity index (χ0v) is 20.3. The molecule has 0 aliphatic heterocycles. The van der Waals surface area contributed by atoms with Crippen molar-refractivity contribution in [1.29, 1.82) is 0 Å². The van der Waals surface area contributed by atoms with Gasteiger partial charge in [-0.3, -0.25) is 10.1 Å². The molecule has 2 N–H and O–H groups in total. The molecular weight excluding hydrogens is 470 g/mol. The summed E-state index contributed by atoms with van der Waals surface area (Å²) in [6.45, 7) is 2.48. The molecule has 0 bridgehead atoms. The minimum atomic E-state index is -0.305. The number of nitrogens with zero attached hydrogens (tertiary/aromatic N) is 1. The number of fused-ring (bicyclic) bond motifs is 1. The van der Waals surface area contributed by atoms with E-state index in [1.807, 2.05) is 79.7 Å². The molecule has 0 unspecified atom stereocenters. The Morgan fingerprint density at radius 2 is 1.69 bits per heavy atom. The van der Waals surface area contributed by atoms with Crippen LogP contribution in [0.4, 0.5) is 5.69 Å². The molecule has 1 amide bonds. The Balaban J connectivity index is 1.15. The largest absolute Gasteiger partial charge is 0.489 e. The third-order valence-corrected chi connectivity index (χ3v) is 5.73. The molecule has 0 saturated heterocycles. The topological polar surface area (TPSA) is 76.4 Å². The Hall–Kier alpha value is -4.49. The average Bonchev–Trinajstić information content (AvgIpc) is 3.32. The van der Waals surface area contributed by atoms with E-state index < -0.39 is 0 Å². The van der Waals surface area contributed by atoms with E-state index in [1.54, 1.807) is 24.3 Å². The van der Waals surface area contributed by atoms with E-state index >= 15 is 0 Å². The summed E-state index contributed by atoms with van der Waals surface area (Å²) in [7, 11) is 0. The molecule has 1 heterocycles. The average molecular weight is 494 g/mol. The van der Waals surface area contributed by atoms with Gasteiger partial charge < -0.3 is 14.5 Å². The molecule has 36 heavy (non-hydrogen) atoms. The first-order valence-electron chi connectivity index (χ1n) is 11.4. The van der Waals surface area contributed by atoms with Crippen molar-refractivity contribution in [2.75, 3.05) is 5.32 Å². The Kier molecular flexibility index (Phi) is 6.73. The SMILES string of the molecule is Cc1ccc2nc(-c3ccc(NC(=S)NC(=O)c4ccc(OCc5ccccc5)cc4)cc3)oc2c1. The highest BCUT2D eigenvalue weighted by atomic mass is 32.1. The van der Waals surface area contributed by atoms with Crippen LogP contribution >= 0.6 is 12.2 Å². The smallest absolute Gasteiger partial charge is 0.257 e. The summed E-state index contributed by atoms with van der Waals surface area (Å²) in [4.78, 5) is 17.1. The maximum Gasteiger partial charge on any atom is 0.257 e. The van der Waals surface area contributed by atoms with Gasteiger partial charge in [0.15, 0.2) is 10.7 Å². The lowest BCUT2D eigenvalue weighted by atomic mass is 10.2. The van der Waals surface area contributed by atoms with Gasteiger partial charge in [-0.25, -0.2) is 4.98 Å². The van der Waals surface area contributed by atoms with Gasteiger partial charge in [-0.05, 0) is 90.9 Å². The fourth-order valence-electron chi connectivity index (χ4n) is 3.63. The number of nitrogens with one attached hydrogen (secondary N) is 2. The molecule has 0 radical (unpaired) electrons. The molecule has 5 rings (SSSR count). The summed E-state index contributed by atoms with van der Waals surface area (Å²) in [5, 5.41) is 5.93. The van der Waals surface area contributed by atoms with E-state index in [0.717, 1.165) is 33.5 Å². The van der Waals surface area contributed by atoms with E-state index in [9.17, 15) is 4.79 Å². The quantitative estimate of drug-likeness (QED) is 0.263. The van der Waals surface area contributed by atoms with Crippen molar-refractivity contribution in [3.8, 4) is 17.2 Å². The van der Waals surface area contributed by atoms with Crippen LogP contribution in [0.5, 0.6) is 5.75 Å². The first-order chi connectivity index (χ1) is 17.5. The molecule has 4 aromatic carbocycles. The third kappa shape index (κ3) is 5.59. The number of carbonyl (C=O) groups excluding carboxylic acids is 1. The lowest BCUT2D eigenvalue weighted by molar-refractivity contribution is 0.0977. The summed E-state index contributed by atoms with van der Waals surface area (Å²) >= 11 is 5.32. The molecule has 0 saturated carbocycles. The number of anilines is 1. The lowest BCUT2D eigenvalue weighted by Crippen LogP contribution is -2.34. The van der Waals surface area contributed by atoms with Crippen LogP contribution in [0, 0.1) is 6.92 Å². The number of aromatic nitrogens is 1. The zero-order valence-electron chi connectivity index (χ0n) is 19.5. The second kappa shape index (κ2) is 10.4. The van der Waals surface area contributed by atoms with E-state index in [1.165, 1.54) is 0 Å². The van der Waals surface area contributed by atoms with E-state index in [0.29, 0.717) is 23.8 Å². The molecule has 178 valence electrons. The minimum absolute atomic E-state index is 0.203. The van der Waals surface area contributed by atoms with Crippen molar-refractivity contribution in [1.82, 2.24) is 10.3 Å². The normalized spacial score (nSPS) is 10.7. The van der Waals surface area contributed by atoms with Gasteiger partial charge in [0.05, 0.1) is 0 Å². The molecule has 0 spiro atoms. The van der Waals surface area contributed by atoms with Gasteiger partial charge >= 0.3 is 0 Å². The Bertz CT molecular complexity index is 1510. The number of ether oxygens (including phenoxy) is 1. The molecule has 7 heteroatoms. The van der Waals surface area contributed by atoms with Crippen LogP contribution in [-0.4, -0.2) is 16.0 Å². The summed E-state index contributed by atoms with van der Waals surface area (Å²) in [5.74, 6) is 0.931. The number of aryl methyl sites for hydroxylation is 1. The number of oxazole rings is 1. The molecule has 0 atom stereocenters. The van der Waals surface area contributed by atoms with Gasteiger partial charge in [-0.15, -0.1) is 0 Å². The number of benzene rings is 4.